The second kappa shape index (κ2) is 5.73. The Labute approximate surface area is 146 Å². The van der Waals surface area contributed by atoms with Crippen LogP contribution in [0.2, 0.25) is 0 Å². The average molecular weight is 318 g/mol. The van der Waals surface area contributed by atoms with Crippen LogP contribution >= 0.6 is 0 Å². The molecule has 0 saturated carbocycles. The summed E-state index contributed by atoms with van der Waals surface area (Å²) in [5, 5.41) is 0. The van der Waals surface area contributed by atoms with Gasteiger partial charge in [-0.2, -0.15) is 4.57 Å². The van der Waals surface area contributed by atoms with Gasteiger partial charge in [-0.05, 0) is 33.1 Å². The van der Waals surface area contributed by atoms with Crippen molar-refractivity contribution in [2.75, 3.05) is 0 Å². The number of hydrogen-bond acceptors (Lipinski definition) is 0. The predicted octanol–water partition coefficient (Wildman–Crippen LogP) is 5.66. The van der Waals surface area contributed by atoms with Crippen molar-refractivity contribution in [1.29, 1.82) is 0 Å². The van der Waals surface area contributed by atoms with Gasteiger partial charge in [0.25, 0.3) is 0 Å². The first-order valence-corrected chi connectivity index (χ1v) is 8.72. The van der Waals surface area contributed by atoms with Gasteiger partial charge in [0.15, 0.2) is 12.4 Å². The molecule has 0 aromatic carbocycles. The number of nitrogens with zero attached hydrogens (tertiary/aromatic N) is 1. The molecule has 2 aliphatic carbocycles. The summed E-state index contributed by atoms with van der Waals surface area (Å²) in [6.07, 6.45) is 4.21. The summed E-state index contributed by atoms with van der Waals surface area (Å²) >= 11 is 0. The third-order valence-electron chi connectivity index (χ3n) is 4.61. The molecule has 24 heavy (non-hydrogen) atoms. The van der Waals surface area contributed by atoms with Crippen LogP contribution in [0.3, 0.4) is 0 Å². The Morgan fingerprint density at radius 3 is 1.79 bits per heavy atom. The zero-order chi connectivity index (χ0) is 17.5. The van der Waals surface area contributed by atoms with Crippen molar-refractivity contribution >= 4 is 0 Å². The monoisotopic (exact) mass is 318 g/mol. The van der Waals surface area contributed by atoms with E-state index in [0.29, 0.717) is 0 Å². The number of hydrogen-bond donors (Lipinski definition) is 0. The molecule has 1 aromatic heterocycles. The molecule has 0 aliphatic heterocycles. The van der Waals surface area contributed by atoms with Crippen LogP contribution in [0.1, 0.15) is 52.7 Å². The van der Waals surface area contributed by atoms with Crippen molar-refractivity contribution in [3.05, 3.63) is 72.1 Å². The molecule has 3 rings (SSSR count). The Bertz CT molecular complexity index is 817. The normalized spacial score (nSPS) is 12.6. The van der Waals surface area contributed by atoms with E-state index in [1.807, 2.05) is 0 Å². The Balaban J connectivity index is 2.30. The van der Waals surface area contributed by atoms with E-state index < -0.39 is 0 Å². The minimum absolute atomic E-state index is 0.120. The van der Waals surface area contributed by atoms with Gasteiger partial charge in [0.1, 0.15) is 0 Å². The van der Waals surface area contributed by atoms with Gasteiger partial charge in [-0.3, -0.25) is 0 Å². The molecule has 2 aliphatic rings. The Morgan fingerprint density at radius 1 is 0.625 bits per heavy atom. The lowest BCUT2D eigenvalue weighted by atomic mass is 9.85. The highest BCUT2D eigenvalue weighted by Crippen LogP contribution is 2.43. The molecule has 0 amide bonds. The van der Waals surface area contributed by atoms with E-state index in [9.17, 15) is 0 Å². The number of rotatable bonds is 1. The molecule has 0 radical (unpaired) electrons. The lowest BCUT2D eigenvalue weighted by Gasteiger charge is -2.19. The number of pyridine rings is 1. The predicted molar refractivity (Wildman–Crippen MR) is 102 cm³/mol. The second-order valence-electron chi connectivity index (χ2n) is 8.68. The Hall–Kier alpha value is -2.15. The fraction of sp³-hybridized carbons (Fsp3) is 0.348. The molecule has 0 atom stereocenters. The smallest absolute Gasteiger partial charge is 0.167 e. The lowest BCUT2D eigenvalue weighted by molar-refractivity contribution is -0.595. The minimum Gasteiger partial charge on any atom is -0.167 e. The van der Waals surface area contributed by atoms with Gasteiger partial charge in [0.2, 0.25) is 5.69 Å². The van der Waals surface area contributed by atoms with Gasteiger partial charge >= 0.3 is 0 Å². The van der Waals surface area contributed by atoms with Crippen LogP contribution in [0.25, 0.3) is 16.8 Å². The highest BCUT2D eigenvalue weighted by Gasteiger charge is 2.29. The molecule has 0 saturated heterocycles. The van der Waals surface area contributed by atoms with Crippen LogP contribution in [0.4, 0.5) is 0 Å². The third-order valence-corrected chi connectivity index (χ3v) is 4.61. The van der Waals surface area contributed by atoms with Crippen LogP contribution in [-0.4, -0.2) is 0 Å². The molecule has 1 nitrogen and oxygen atoms in total. The minimum atomic E-state index is 0.120. The quantitative estimate of drug-likeness (QED) is 0.509. The van der Waals surface area contributed by atoms with Crippen LogP contribution in [0, 0.1) is 0 Å². The summed E-state index contributed by atoms with van der Waals surface area (Å²) in [6.45, 7) is 13.8. The van der Waals surface area contributed by atoms with Gasteiger partial charge < -0.3 is 0 Å². The first-order chi connectivity index (χ1) is 11.2. The summed E-state index contributed by atoms with van der Waals surface area (Å²) in [4.78, 5) is 0. The summed E-state index contributed by atoms with van der Waals surface area (Å²) in [5.41, 5.74) is 7.05. The maximum absolute atomic E-state index is 2.42. The van der Waals surface area contributed by atoms with E-state index in [-0.39, 0.29) is 10.8 Å². The SMILES string of the molecule is CC(C)(C)c1cc(C(C)(C)C)c2cc(-[n+]3ccccc3)cccc1-2. The molecule has 0 spiro atoms. The average Bonchev–Trinajstić information content (AvgIpc) is 2.73. The molecule has 124 valence electrons. The maximum Gasteiger partial charge on any atom is 0.211 e. The fourth-order valence-corrected chi connectivity index (χ4v) is 3.34. The zero-order valence-corrected chi connectivity index (χ0v) is 15.7. The summed E-state index contributed by atoms with van der Waals surface area (Å²) in [6, 6.07) is 17.6. The molecule has 0 bridgehead atoms. The molecule has 0 fully saturated rings. The molecular weight excluding hydrogens is 290 g/mol. The van der Waals surface area contributed by atoms with Crippen molar-refractivity contribution in [2.45, 2.75) is 52.4 Å². The van der Waals surface area contributed by atoms with E-state index >= 15 is 0 Å². The molecule has 0 N–H and O–H groups in total. The molecule has 1 aromatic rings. The zero-order valence-electron chi connectivity index (χ0n) is 15.7. The first kappa shape index (κ1) is 16.7. The molecule has 0 unspecified atom stereocenters. The molecular formula is C23H28N+. The summed E-state index contributed by atoms with van der Waals surface area (Å²) < 4.78 is 2.18. The summed E-state index contributed by atoms with van der Waals surface area (Å²) in [5.74, 6) is 0. The van der Waals surface area contributed by atoms with Crippen molar-refractivity contribution < 1.29 is 4.57 Å². The first-order valence-electron chi connectivity index (χ1n) is 8.72. The van der Waals surface area contributed by atoms with E-state index in [4.69, 9.17) is 0 Å². The summed E-state index contributed by atoms with van der Waals surface area (Å²) in [7, 11) is 0. The van der Waals surface area contributed by atoms with Gasteiger partial charge in [0.05, 0.1) is 0 Å². The largest absolute Gasteiger partial charge is 0.211 e. The highest BCUT2D eigenvalue weighted by molar-refractivity contribution is 5.78. The fourth-order valence-electron chi connectivity index (χ4n) is 3.34. The van der Waals surface area contributed by atoms with Crippen molar-refractivity contribution in [3.8, 4) is 16.8 Å². The third kappa shape index (κ3) is 3.08. The topological polar surface area (TPSA) is 3.88 Å². The van der Waals surface area contributed by atoms with Crippen LogP contribution in [0.15, 0.2) is 60.9 Å². The standard InChI is InChI=1S/C23H28N/c1-22(2,3)20-16-21(23(4,5)6)19-15-17(11-10-12-18(19)20)24-13-8-7-9-14-24/h7-16H,1-6H3/q+1. The van der Waals surface area contributed by atoms with Crippen LogP contribution < -0.4 is 4.57 Å². The Kier molecular flexibility index (Phi) is 3.99. The van der Waals surface area contributed by atoms with E-state index in [1.165, 1.54) is 27.9 Å². The van der Waals surface area contributed by atoms with E-state index in [1.54, 1.807) is 0 Å². The highest BCUT2D eigenvalue weighted by atomic mass is 14.9. The number of aromatic nitrogens is 1. The van der Waals surface area contributed by atoms with Crippen LogP contribution in [-0.2, 0) is 10.8 Å². The Morgan fingerprint density at radius 2 is 1.21 bits per heavy atom. The van der Waals surface area contributed by atoms with Gasteiger partial charge in [-0.1, -0.05) is 65.8 Å². The second-order valence-corrected chi connectivity index (χ2v) is 8.68. The number of fused-ring (bicyclic) bond motifs is 1. The van der Waals surface area contributed by atoms with Gasteiger partial charge in [0, 0.05) is 24.3 Å². The van der Waals surface area contributed by atoms with Crippen molar-refractivity contribution in [2.24, 2.45) is 0 Å². The molecule has 1 heterocycles. The van der Waals surface area contributed by atoms with Crippen molar-refractivity contribution in [3.63, 3.8) is 0 Å². The van der Waals surface area contributed by atoms with E-state index in [0.717, 1.165) is 0 Å². The maximum atomic E-state index is 2.42. The van der Waals surface area contributed by atoms with E-state index in [2.05, 4.69) is 107 Å². The van der Waals surface area contributed by atoms with Crippen LogP contribution in [0.5, 0.6) is 0 Å². The molecule has 1 heteroatoms. The lowest BCUT2D eigenvalue weighted by Crippen LogP contribution is -2.28. The van der Waals surface area contributed by atoms with Crippen molar-refractivity contribution in [1.82, 2.24) is 0 Å². The van der Waals surface area contributed by atoms with Gasteiger partial charge in [-0.25, -0.2) is 0 Å². The van der Waals surface area contributed by atoms with Gasteiger partial charge in [-0.15, -0.1) is 0 Å².